The average Bonchev–Trinajstić information content (AvgIpc) is 2.38. The predicted octanol–water partition coefficient (Wildman–Crippen LogP) is 1.37. The molecule has 0 aliphatic heterocycles. The quantitative estimate of drug-likeness (QED) is 0.828. The molecule has 1 amide bonds. The number of hydrogen-bond acceptors (Lipinski definition) is 4. The zero-order valence-electron chi connectivity index (χ0n) is 11.6. The molecule has 7 heteroatoms. The van der Waals surface area contributed by atoms with Gasteiger partial charge in [0.1, 0.15) is 0 Å². The molecule has 0 bridgehead atoms. The Hall–Kier alpha value is -1.11. The molecule has 1 aromatic rings. The number of halogens is 1. The van der Waals surface area contributed by atoms with Gasteiger partial charge in [0.05, 0.1) is 16.2 Å². The number of nitrogens with one attached hydrogen (secondary N) is 1. The minimum Gasteiger partial charge on any atom is -0.348 e. The molecule has 1 aromatic carbocycles. The zero-order valence-corrected chi connectivity index (χ0v) is 13.3. The summed E-state index contributed by atoms with van der Waals surface area (Å²) < 4.78 is 24.2. The molecule has 1 rings (SSSR count). The van der Waals surface area contributed by atoms with Crippen LogP contribution < -0.4 is 11.1 Å². The van der Waals surface area contributed by atoms with Crippen molar-refractivity contribution in [3.05, 3.63) is 29.8 Å². The van der Waals surface area contributed by atoms with Crippen molar-refractivity contribution in [2.24, 2.45) is 5.73 Å². The fourth-order valence-corrected chi connectivity index (χ4v) is 3.20. The Morgan fingerprint density at radius 2 is 1.95 bits per heavy atom. The highest BCUT2D eigenvalue weighted by atomic mass is 35.5. The van der Waals surface area contributed by atoms with E-state index in [1.165, 1.54) is 12.1 Å². The van der Waals surface area contributed by atoms with Crippen LogP contribution in [0.5, 0.6) is 0 Å². The van der Waals surface area contributed by atoms with Gasteiger partial charge in [0.15, 0.2) is 9.84 Å². The largest absolute Gasteiger partial charge is 0.348 e. The number of carbonyl (C=O) groups excluding carboxylic acids is 1. The van der Waals surface area contributed by atoms with Gasteiger partial charge in [-0.2, -0.15) is 0 Å². The first kappa shape index (κ1) is 18.9. The van der Waals surface area contributed by atoms with E-state index in [0.29, 0.717) is 13.0 Å². The predicted molar refractivity (Wildman–Crippen MR) is 82.0 cm³/mol. The molecule has 0 fully saturated rings. The molecule has 0 radical (unpaired) electrons. The van der Waals surface area contributed by atoms with Gasteiger partial charge >= 0.3 is 0 Å². The number of carbonyl (C=O) groups is 1. The van der Waals surface area contributed by atoms with Crippen molar-refractivity contribution in [1.82, 2.24) is 5.32 Å². The molecule has 0 spiro atoms. The lowest BCUT2D eigenvalue weighted by atomic mass is 10.2. The van der Waals surface area contributed by atoms with Crippen LogP contribution in [-0.4, -0.2) is 32.7 Å². The minimum absolute atomic E-state index is 0. The van der Waals surface area contributed by atoms with E-state index in [9.17, 15) is 13.2 Å². The summed E-state index contributed by atoms with van der Waals surface area (Å²) in [6.45, 7) is 3.85. The first-order valence-electron chi connectivity index (χ1n) is 6.25. The molecule has 0 aromatic heterocycles. The summed E-state index contributed by atoms with van der Waals surface area (Å²) in [6, 6.07) is 6.04. The lowest BCUT2D eigenvalue weighted by Crippen LogP contribution is -2.38. The van der Waals surface area contributed by atoms with Gasteiger partial charge in [0, 0.05) is 12.6 Å². The van der Waals surface area contributed by atoms with Gasteiger partial charge in [-0.25, -0.2) is 8.42 Å². The van der Waals surface area contributed by atoms with Crippen LogP contribution >= 0.6 is 12.4 Å². The summed E-state index contributed by atoms with van der Waals surface area (Å²) in [4.78, 5) is 12.1. The monoisotopic (exact) mass is 320 g/mol. The molecular weight excluding hydrogens is 300 g/mol. The Kier molecular flexibility index (Phi) is 7.78. The van der Waals surface area contributed by atoms with E-state index in [-0.39, 0.29) is 34.7 Å². The van der Waals surface area contributed by atoms with Crippen LogP contribution in [0, 0.1) is 0 Å². The third-order valence-corrected chi connectivity index (χ3v) is 4.64. The lowest BCUT2D eigenvalue weighted by Gasteiger charge is -2.14. The Balaban J connectivity index is 0.00000361. The SMILES string of the molecule is CCCS(=O)(=O)c1ccccc1C(=O)N[C@@H](C)CN.Cl. The fourth-order valence-electron chi connectivity index (χ4n) is 1.66. The van der Waals surface area contributed by atoms with E-state index in [2.05, 4.69) is 5.32 Å². The number of benzene rings is 1. The average molecular weight is 321 g/mol. The third-order valence-electron chi connectivity index (χ3n) is 2.67. The van der Waals surface area contributed by atoms with Gasteiger partial charge in [0.2, 0.25) is 0 Å². The summed E-state index contributed by atoms with van der Waals surface area (Å²) in [7, 11) is -3.42. The van der Waals surface area contributed by atoms with E-state index < -0.39 is 15.7 Å². The number of nitrogens with two attached hydrogens (primary N) is 1. The summed E-state index contributed by atoms with van der Waals surface area (Å²) in [5, 5.41) is 2.67. The first-order valence-corrected chi connectivity index (χ1v) is 7.90. The molecule has 0 heterocycles. The Morgan fingerprint density at radius 3 is 2.50 bits per heavy atom. The summed E-state index contributed by atoms with van der Waals surface area (Å²) in [5.41, 5.74) is 5.61. The van der Waals surface area contributed by atoms with Crippen molar-refractivity contribution in [2.45, 2.75) is 31.2 Å². The van der Waals surface area contributed by atoms with E-state index >= 15 is 0 Å². The van der Waals surface area contributed by atoms with E-state index in [4.69, 9.17) is 5.73 Å². The summed E-state index contributed by atoms with van der Waals surface area (Å²) in [5.74, 6) is -0.378. The van der Waals surface area contributed by atoms with E-state index in [1.807, 2.05) is 0 Å². The third kappa shape index (κ3) is 4.77. The van der Waals surface area contributed by atoms with E-state index in [0.717, 1.165) is 0 Å². The van der Waals surface area contributed by atoms with Gasteiger partial charge in [-0.15, -0.1) is 12.4 Å². The van der Waals surface area contributed by atoms with Crippen molar-refractivity contribution in [2.75, 3.05) is 12.3 Å². The molecular formula is C13H21ClN2O3S. The molecule has 0 aliphatic carbocycles. The minimum atomic E-state index is -3.42. The normalized spacial score (nSPS) is 12.3. The maximum absolute atomic E-state index is 12.1. The topological polar surface area (TPSA) is 89.3 Å². The number of rotatable bonds is 6. The van der Waals surface area contributed by atoms with Crippen LogP contribution in [0.25, 0.3) is 0 Å². The fraction of sp³-hybridized carbons (Fsp3) is 0.462. The maximum atomic E-state index is 12.1. The van der Waals surface area contributed by atoms with Crippen LogP contribution in [0.1, 0.15) is 30.6 Å². The van der Waals surface area contributed by atoms with Crippen molar-refractivity contribution >= 4 is 28.2 Å². The van der Waals surface area contributed by atoms with Crippen molar-refractivity contribution in [3.63, 3.8) is 0 Å². The Morgan fingerprint density at radius 1 is 1.35 bits per heavy atom. The second kappa shape index (κ2) is 8.24. The Bertz CT molecular complexity index is 546. The number of sulfone groups is 1. The van der Waals surface area contributed by atoms with Crippen LogP contribution in [-0.2, 0) is 9.84 Å². The second-order valence-corrected chi connectivity index (χ2v) is 6.50. The first-order chi connectivity index (χ1) is 8.92. The highest BCUT2D eigenvalue weighted by Gasteiger charge is 2.21. The van der Waals surface area contributed by atoms with Gasteiger partial charge in [-0.05, 0) is 25.5 Å². The molecule has 0 saturated heterocycles. The van der Waals surface area contributed by atoms with E-state index in [1.54, 1.807) is 26.0 Å². The van der Waals surface area contributed by atoms with Crippen LogP contribution in [0.3, 0.4) is 0 Å². The van der Waals surface area contributed by atoms with Crippen molar-refractivity contribution in [1.29, 1.82) is 0 Å². The van der Waals surface area contributed by atoms with Gasteiger partial charge < -0.3 is 11.1 Å². The number of hydrogen-bond donors (Lipinski definition) is 2. The smallest absolute Gasteiger partial charge is 0.252 e. The molecule has 5 nitrogen and oxygen atoms in total. The molecule has 114 valence electrons. The second-order valence-electron chi connectivity index (χ2n) is 4.43. The van der Waals surface area contributed by atoms with Crippen molar-refractivity contribution < 1.29 is 13.2 Å². The summed E-state index contributed by atoms with van der Waals surface area (Å²) >= 11 is 0. The molecule has 1 atom stereocenters. The summed E-state index contributed by atoms with van der Waals surface area (Å²) in [6.07, 6.45) is 0.511. The van der Waals surface area contributed by atoms with Crippen LogP contribution in [0.4, 0.5) is 0 Å². The maximum Gasteiger partial charge on any atom is 0.252 e. The van der Waals surface area contributed by atoms with Crippen LogP contribution in [0.2, 0.25) is 0 Å². The standard InChI is InChI=1S/C13H20N2O3S.ClH/c1-3-8-19(17,18)12-7-5-4-6-11(12)13(16)15-10(2)9-14;/h4-7,10H,3,8-9,14H2,1-2H3,(H,15,16);1H/t10-;/m0./s1. The van der Waals surface area contributed by atoms with Crippen molar-refractivity contribution in [3.8, 4) is 0 Å². The molecule has 0 aliphatic rings. The highest BCUT2D eigenvalue weighted by Crippen LogP contribution is 2.17. The molecule has 20 heavy (non-hydrogen) atoms. The van der Waals surface area contributed by atoms with Gasteiger partial charge in [-0.3, -0.25) is 4.79 Å². The lowest BCUT2D eigenvalue weighted by molar-refractivity contribution is 0.0938. The molecule has 0 saturated carbocycles. The van der Waals surface area contributed by atoms with Gasteiger partial charge in [0.25, 0.3) is 5.91 Å². The highest BCUT2D eigenvalue weighted by molar-refractivity contribution is 7.91. The number of amides is 1. The molecule has 3 N–H and O–H groups in total. The Labute approximate surface area is 126 Å². The molecule has 0 unspecified atom stereocenters. The van der Waals surface area contributed by atoms with Crippen LogP contribution in [0.15, 0.2) is 29.2 Å². The zero-order chi connectivity index (χ0) is 14.5. The van der Waals surface area contributed by atoms with Gasteiger partial charge in [-0.1, -0.05) is 19.1 Å².